The van der Waals surface area contributed by atoms with E-state index in [2.05, 4.69) is 20.7 Å². The number of nitrogens with one attached hydrogen (secondary N) is 3. The molecular formula is C33H45N3O8. The van der Waals surface area contributed by atoms with E-state index < -0.39 is 12.1 Å². The molecule has 11 heteroatoms. The zero-order chi connectivity index (χ0) is 32.4. The first kappa shape index (κ1) is 34.2. The summed E-state index contributed by atoms with van der Waals surface area (Å²) in [7, 11) is 6.01. The molecule has 2 unspecified atom stereocenters. The minimum Gasteiger partial charge on any atom is -0.493 e. The summed E-state index contributed by atoms with van der Waals surface area (Å²) >= 11 is 0. The second kappa shape index (κ2) is 16.0. The van der Waals surface area contributed by atoms with E-state index >= 15 is 0 Å². The SMILES string of the molecule is COC(=O)CCCCCNC(=O)C(Nc1ccc2c(cc1=O)C(NC(C)=O)CCc1cc(OC)c(OC)c(OC)c1-2)C(C)C. The van der Waals surface area contributed by atoms with Gasteiger partial charge in [0.05, 0.1) is 40.2 Å². The summed E-state index contributed by atoms with van der Waals surface area (Å²) in [6.07, 6.45) is 3.66. The van der Waals surface area contributed by atoms with E-state index in [9.17, 15) is 19.2 Å². The highest BCUT2D eigenvalue weighted by atomic mass is 16.5. The van der Waals surface area contributed by atoms with E-state index in [0.29, 0.717) is 67.0 Å². The normalized spacial score (nSPS) is 14.3. The summed E-state index contributed by atoms with van der Waals surface area (Å²) < 4.78 is 21.7. The maximum Gasteiger partial charge on any atom is 0.305 e. The van der Waals surface area contributed by atoms with Crippen molar-refractivity contribution in [1.82, 2.24) is 10.6 Å². The number of carbonyl (C=O) groups excluding carboxylic acids is 3. The molecule has 11 nitrogen and oxygen atoms in total. The lowest BCUT2D eigenvalue weighted by Gasteiger charge is -2.22. The topological polar surface area (TPSA) is 141 Å². The summed E-state index contributed by atoms with van der Waals surface area (Å²) in [5.41, 5.74) is 2.96. The first-order valence-electron chi connectivity index (χ1n) is 14.9. The highest BCUT2D eigenvalue weighted by Gasteiger charge is 2.30. The molecule has 1 aliphatic rings. The van der Waals surface area contributed by atoms with Crippen molar-refractivity contribution in [3.63, 3.8) is 0 Å². The molecule has 2 atom stereocenters. The summed E-state index contributed by atoms with van der Waals surface area (Å²) in [6.45, 7) is 5.71. The number of anilines is 1. The van der Waals surface area contributed by atoms with E-state index in [-0.39, 0.29) is 34.8 Å². The Morgan fingerprint density at radius 1 is 0.955 bits per heavy atom. The Hall–Kier alpha value is -4.28. The molecule has 0 saturated carbocycles. The molecule has 0 fully saturated rings. The number of amides is 2. The molecule has 2 aromatic rings. The van der Waals surface area contributed by atoms with Gasteiger partial charge in [-0.05, 0) is 66.5 Å². The number of unbranched alkanes of at least 4 members (excludes halogenated alkanes) is 2. The molecule has 44 heavy (non-hydrogen) atoms. The number of ether oxygens (including phenoxy) is 4. The molecule has 0 aliphatic heterocycles. The quantitative estimate of drug-likeness (QED) is 0.212. The van der Waals surface area contributed by atoms with Crippen molar-refractivity contribution < 1.29 is 33.3 Å². The van der Waals surface area contributed by atoms with Gasteiger partial charge in [-0.1, -0.05) is 26.3 Å². The first-order valence-corrected chi connectivity index (χ1v) is 14.9. The van der Waals surface area contributed by atoms with Gasteiger partial charge >= 0.3 is 5.97 Å². The summed E-state index contributed by atoms with van der Waals surface area (Å²) in [5.74, 6) is 0.598. The Bertz CT molecular complexity index is 1410. The van der Waals surface area contributed by atoms with Crippen molar-refractivity contribution >= 4 is 23.5 Å². The Labute approximate surface area is 259 Å². The van der Waals surface area contributed by atoms with Crippen molar-refractivity contribution in [2.24, 2.45) is 5.92 Å². The molecular weight excluding hydrogens is 566 g/mol. The van der Waals surface area contributed by atoms with Gasteiger partial charge in [0, 0.05) is 25.5 Å². The van der Waals surface area contributed by atoms with Crippen LogP contribution in [-0.2, 0) is 25.5 Å². The first-order chi connectivity index (χ1) is 21.1. The number of aryl methyl sites for hydroxylation is 1. The number of hydrogen-bond donors (Lipinski definition) is 3. The van der Waals surface area contributed by atoms with Gasteiger partial charge in [0.2, 0.25) is 23.0 Å². The van der Waals surface area contributed by atoms with E-state index in [0.717, 1.165) is 17.5 Å². The fourth-order valence-electron chi connectivity index (χ4n) is 5.52. The Balaban J connectivity index is 1.99. The van der Waals surface area contributed by atoms with Gasteiger partial charge in [-0.25, -0.2) is 0 Å². The molecule has 0 spiro atoms. The highest BCUT2D eigenvalue weighted by molar-refractivity contribution is 5.86. The third-order valence-electron chi connectivity index (χ3n) is 7.76. The van der Waals surface area contributed by atoms with Gasteiger partial charge in [0.15, 0.2) is 11.5 Å². The number of rotatable bonds is 14. The monoisotopic (exact) mass is 611 g/mol. The van der Waals surface area contributed by atoms with Crippen LogP contribution in [0.1, 0.15) is 70.0 Å². The molecule has 2 amide bonds. The Kier molecular flexibility index (Phi) is 12.4. The molecule has 3 rings (SSSR count). The molecule has 2 aromatic carbocycles. The molecule has 3 N–H and O–H groups in total. The van der Waals surface area contributed by atoms with Gasteiger partial charge in [-0.2, -0.15) is 0 Å². The van der Waals surface area contributed by atoms with Gasteiger partial charge < -0.3 is 34.9 Å². The molecule has 240 valence electrons. The molecule has 0 radical (unpaired) electrons. The highest BCUT2D eigenvalue weighted by Crippen LogP contribution is 2.50. The third-order valence-corrected chi connectivity index (χ3v) is 7.76. The van der Waals surface area contributed by atoms with Crippen LogP contribution in [0.4, 0.5) is 5.69 Å². The summed E-state index contributed by atoms with van der Waals surface area (Å²) in [4.78, 5) is 50.4. The molecule has 0 aromatic heterocycles. The molecule has 0 heterocycles. The van der Waals surface area contributed by atoms with Crippen LogP contribution in [0.3, 0.4) is 0 Å². The van der Waals surface area contributed by atoms with Crippen molar-refractivity contribution in [1.29, 1.82) is 0 Å². The predicted molar refractivity (Wildman–Crippen MR) is 168 cm³/mol. The second-order valence-corrected chi connectivity index (χ2v) is 11.1. The lowest BCUT2D eigenvalue weighted by molar-refractivity contribution is -0.140. The average molecular weight is 612 g/mol. The van der Waals surface area contributed by atoms with E-state index in [1.165, 1.54) is 27.2 Å². The van der Waals surface area contributed by atoms with Crippen molar-refractivity contribution in [2.45, 2.75) is 71.4 Å². The smallest absolute Gasteiger partial charge is 0.305 e. The largest absolute Gasteiger partial charge is 0.493 e. The van der Waals surface area contributed by atoms with Gasteiger partial charge in [-0.15, -0.1) is 0 Å². The van der Waals surface area contributed by atoms with Crippen LogP contribution in [0.25, 0.3) is 11.1 Å². The zero-order valence-corrected chi connectivity index (χ0v) is 26.8. The number of carbonyl (C=O) groups is 3. The maximum absolute atomic E-state index is 13.7. The van der Waals surface area contributed by atoms with Crippen LogP contribution in [0.5, 0.6) is 17.2 Å². The molecule has 1 aliphatic carbocycles. The van der Waals surface area contributed by atoms with Crippen LogP contribution in [-0.4, -0.2) is 58.8 Å². The van der Waals surface area contributed by atoms with Crippen molar-refractivity contribution in [3.05, 3.63) is 45.6 Å². The Morgan fingerprint density at radius 2 is 1.68 bits per heavy atom. The predicted octanol–water partition coefficient (Wildman–Crippen LogP) is 4.15. The molecule has 0 saturated heterocycles. The number of fused-ring (bicyclic) bond motifs is 3. The number of benzene rings is 1. The number of esters is 1. The lowest BCUT2D eigenvalue weighted by atomic mass is 9.95. The summed E-state index contributed by atoms with van der Waals surface area (Å²) in [5, 5.41) is 9.13. The Morgan fingerprint density at radius 3 is 2.30 bits per heavy atom. The van der Waals surface area contributed by atoms with Crippen molar-refractivity contribution in [2.75, 3.05) is 40.3 Å². The molecule has 0 bridgehead atoms. The fourth-order valence-corrected chi connectivity index (χ4v) is 5.52. The second-order valence-electron chi connectivity index (χ2n) is 11.1. The number of methoxy groups -OCH3 is 4. The van der Waals surface area contributed by atoms with Gasteiger partial charge in [-0.3, -0.25) is 19.2 Å². The standard InChI is InChI=1S/C33H45N3O8/c1-19(2)30(33(40)34-16-10-8-9-11-28(39)42-5)36-25-15-13-22-23(18-26(25)38)24(35-20(3)37)14-12-21-17-27(41-4)31(43-6)32(44-7)29(21)22/h13,15,17-19,24,30H,8-12,14,16H2,1-7H3,(H,34,40)(H,35,37)(H,36,38). The van der Waals surface area contributed by atoms with Crippen LogP contribution >= 0.6 is 0 Å². The van der Waals surface area contributed by atoms with Gasteiger partial charge in [0.1, 0.15) is 6.04 Å². The van der Waals surface area contributed by atoms with Crippen molar-refractivity contribution in [3.8, 4) is 28.4 Å². The van der Waals surface area contributed by atoms with Gasteiger partial charge in [0.25, 0.3) is 0 Å². The van der Waals surface area contributed by atoms with Crippen LogP contribution < -0.4 is 35.6 Å². The van der Waals surface area contributed by atoms with E-state index in [4.69, 9.17) is 14.2 Å². The van der Waals surface area contributed by atoms with E-state index in [1.54, 1.807) is 20.3 Å². The maximum atomic E-state index is 13.7. The third kappa shape index (κ3) is 8.21. The van der Waals surface area contributed by atoms with Crippen LogP contribution in [0.15, 0.2) is 29.1 Å². The minimum absolute atomic E-state index is 0.123. The lowest BCUT2D eigenvalue weighted by Crippen LogP contribution is -2.44. The summed E-state index contributed by atoms with van der Waals surface area (Å²) in [6, 6.07) is 5.82. The fraction of sp³-hybridized carbons (Fsp3) is 0.515. The number of hydrogen-bond acceptors (Lipinski definition) is 9. The van der Waals surface area contributed by atoms with Crippen LogP contribution in [0, 0.1) is 5.92 Å². The zero-order valence-electron chi connectivity index (χ0n) is 26.8. The minimum atomic E-state index is -0.669. The van der Waals surface area contributed by atoms with Crippen LogP contribution in [0.2, 0.25) is 0 Å². The van der Waals surface area contributed by atoms with E-state index in [1.807, 2.05) is 26.0 Å². The average Bonchev–Trinajstić information content (AvgIpc) is 3.24.